The molecule has 4 heteroatoms. The van der Waals surface area contributed by atoms with Crippen LogP contribution in [0, 0.1) is 11.8 Å². The maximum Gasteiger partial charge on any atom is 0.109 e. The van der Waals surface area contributed by atoms with Gasteiger partial charge in [-0.05, 0) is 37.5 Å². The van der Waals surface area contributed by atoms with Crippen LogP contribution in [0.3, 0.4) is 0 Å². The van der Waals surface area contributed by atoms with Gasteiger partial charge in [0.05, 0.1) is 0 Å². The number of hydrogen-bond acceptors (Lipinski definition) is 3. The number of aromatic nitrogens is 2. The second-order valence-electron chi connectivity index (χ2n) is 5.65. The number of rotatable bonds is 3. The number of imidazole rings is 1. The van der Waals surface area contributed by atoms with E-state index in [-0.39, 0.29) is 0 Å². The van der Waals surface area contributed by atoms with Crippen LogP contribution in [0.1, 0.15) is 30.8 Å². The first-order valence-electron chi connectivity index (χ1n) is 7.08. The lowest BCUT2D eigenvalue weighted by Crippen LogP contribution is -2.25. The zero-order valence-electron chi connectivity index (χ0n) is 10.8. The van der Waals surface area contributed by atoms with Gasteiger partial charge in [-0.3, -0.25) is 0 Å². The Kier molecular flexibility index (Phi) is 3.66. The lowest BCUT2D eigenvalue weighted by Gasteiger charge is -2.25. The fourth-order valence-corrected chi connectivity index (χ4v) is 3.14. The molecule has 0 bridgehead atoms. The minimum absolute atomic E-state index is 0.303. The maximum absolute atomic E-state index is 9.24. The molecule has 0 radical (unpaired) electrons. The molecular weight excluding hydrogens is 228 g/mol. The summed E-state index contributed by atoms with van der Waals surface area (Å²) in [6.45, 7) is 3.14. The number of aliphatic hydroxyl groups is 1. The molecule has 0 aromatic carbocycles. The smallest absolute Gasteiger partial charge is 0.109 e. The molecule has 0 amide bonds. The molecule has 2 unspecified atom stereocenters. The van der Waals surface area contributed by atoms with Gasteiger partial charge in [0.15, 0.2) is 0 Å². The van der Waals surface area contributed by atoms with E-state index in [4.69, 9.17) is 4.74 Å². The molecule has 18 heavy (non-hydrogen) atoms. The average molecular weight is 250 g/mol. The van der Waals surface area contributed by atoms with Crippen molar-refractivity contribution in [3.63, 3.8) is 0 Å². The Balaban J connectivity index is 1.68. The van der Waals surface area contributed by atoms with E-state index in [1.807, 2.05) is 6.20 Å². The summed E-state index contributed by atoms with van der Waals surface area (Å²) in [4.78, 5) is 4.59. The Morgan fingerprint density at radius 1 is 1.39 bits per heavy atom. The first kappa shape index (κ1) is 12.2. The summed E-state index contributed by atoms with van der Waals surface area (Å²) in [5, 5.41) is 9.24. The van der Waals surface area contributed by atoms with Crippen molar-refractivity contribution >= 4 is 0 Å². The molecule has 0 aliphatic carbocycles. The molecular formula is C14H22N2O2. The molecule has 2 atom stereocenters. The highest BCUT2D eigenvalue weighted by atomic mass is 16.5. The van der Waals surface area contributed by atoms with Gasteiger partial charge in [0.25, 0.3) is 0 Å². The Morgan fingerprint density at radius 3 is 3.11 bits per heavy atom. The Hall–Kier alpha value is -0.870. The number of nitrogens with zero attached hydrogens (tertiary/aromatic N) is 2. The summed E-state index contributed by atoms with van der Waals surface area (Å²) in [6, 6.07) is 0. The van der Waals surface area contributed by atoms with Gasteiger partial charge in [0, 0.05) is 44.7 Å². The van der Waals surface area contributed by atoms with Crippen LogP contribution in [0.15, 0.2) is 6.20 Å². The zero-order chi connectivity index (χ0) is 12.4. The zero-order valence-corrected chi connectivity index (χ0v) is 10.8. The second-order valence-corrected chi connectivity index (χ2v) is 5.65. The van der Waals surface area contributed by atoms with Crippen molar-refractivity contribution in [2.45, 2.75) is 38.6 Å². The molecule has 4 nitrogen and oxygen atoms in total. The maximum atomic E-state index is 9.24. The molecule has 0 saturated carbocycles. The van der Waals surface area contributed by atoms with Gasteiger partial charge in [-0.25, -0.2) is 4.98 Å². The molecule has 100 valence electrons. The number of fused-ring (bicyclic) bond motifs is 1. The topological polar surface area (TPSA) is 47.3 Å². The molecule has 2 aliphatic rings. The van der Waals surface area contributed by atoms with E-state index >= 15 is 0 Å². The van der Waals surface area contributed by atoms with E-state index < -0.39 is 0 Å². The van der Waals surface area contributed by atoms with Crippen molar-refractivity contribution in [2.24, 2.45) is 11.8 Å². The van der Waals surface area contributed by atoms with Crippen molar-refractivity contribution in [3.05, 3.63) is 17.7 Å². The summed E-state index contributed by atoms with van der Waals surface area (Å²) in [6.07, 6.45) is 7.55. The monoisotopic (exact) mass is 250 g/mol. The molecule has 3 heterocycles. The van der Waals surface area contributed by atoms with Crippen molar-refractivity contribution in [1.82, 2.24) is 9.55 Å². The molecule has 1 fully saturated rings. The molecule has 1 aromatic rings. The highest BCUT2D eigenvalue weighted by Crippen LogP contribution is 2.24. The van der Waals surface area contributed by atoms with Gasteiger partial charge >= 0.3 is 0 Å². The highest BCUT2D eigenvalue weighted by Gasteiger charge is 2.23. The predicted octanol–water partition coefficient (Wildman–Crippen LogP) is 1.41. The van der Waals surface area contributed by atoms with Crippen LogP contribution in [0.2, 0.25) is 0 Å². The van der Waals surface area contributed by atoms with Gasteiger partial charge in [0.1, 0.15) is 5.82 Å². The first-order valence-corrected chi connectivity index (χ1v) is 7.08. The van der Waals surface area contributed by atoms with E-state index in [1.165, 1.54) is 24.4 Å². The fraction of sp³-hybridized carbons (Fsp3) is 0.786. The molecule has 1 aromatic heterocycles. The summed E-state index contributed by atoms with van der Waals surface area (Å²) in [5.41, 5.74) is 1.30. The third-order valence-electron chi connectivity index (χ3n) is 4.26. The summed E-state index contributed by atoms with van der Waals surface area (Å²) in [5.74, 6) is 2.29. The van der Waals surface area contributed by atoms with Gasteiger partial charge in [-0.1, -0.05) is 0 Å². The lowest BCUT2D eigenvalue weighted by atomic mass is 9.96. The van der Waals surface area contributed by atoms with Gasteiger partial charge in [-0.2, -0.15) is 0 Å². The van der Waals surface area contributed by atoms with E-state index in [9.17, 15) is 5.11 Å². The lowest BCUT2D eigenvalue weighted by molar-refractivity contribution is 0.0538. The van der Waals surface area contributed by atoms with Crippen LogP contribution in [0.5, 0.6) is 0 Å². The van der Waals surface area contributed by atoms with E-state index in [1.54, 1.807) is 0 Å². The van der Waals surface area contributed by atoms with Crippen LogP contribution in [0.4, 0.5) is 0 Å². The summed E-state index contributed by atoms with van der Waals surface area (Å²) in [7, 11) is 0. The minimum atomic E-state index is 0.303. The SMILES string of the molecule is OCC1CCn2c(cnc2CC2CCCOC2)C1. The second kappa shape index (κ2) is 5.41. The predicted molar refractivity (Wildman–Crippen MR) is 68.4 cm³/mol. The standard InChI is InChI=1S/C14H22N2O2/c17-9-11-3-4-16-13(6-11)8-15-14(16)7-12-2-1-5-18-10-12/h8,11-12,17H,1-7,9-10H2. The van der Waals surface area contributed by atoms with E-state index in [0.29, 0.717) is 18.4 Å². The minimum Gasteiger partial charge on any atom is -0.396 e. The van der Waals surface area contributed by atoms with Crippen LogP contribution in [0.25, 0.3) is 0 Å². The van der Waals surface area contributed by atoms with Crippen molar-refractivity contribution in [3.8, 4) is 0 Å². The Bertz CT molecular complexity index is 396. The van der Waals surface area contributed by atoms with Crippen LogP contribution in [-0.2, 0) is 24.1 Å². The number of aliphatic hydroxyl groups excluding tert-OH is 1. The van der Waals surface area contributed by atoms with Gasteiger partial charge in [0.2, 0.25) is 0 Å². The molecule has 0 spiro atoms. The number of hydrogen-bond donors (Lipinski definition) is 1. The quantitative estimate of drug-likeness (QED) is 0.882. The largest absolute Gasteiger partial charge is 0.396 e. The fourth-order valence-electron chi connectivity index (χ4n) is 3.14. The van der Waals surface area contributed by atoms with Crippen molar-refractivity contribution in [2.75, 3.05) is 19.8 Å². The van der Waals surface area contributed by atoms with Gasteiger partial charge in [-0.15, -0.1) is 0 Å². The average Bonchev–Trinajstić information content (AvgIpc) is 2.82. The normalized spacial score (nSPS) is 28.1. The molecule has 1 N–H and O–H groups in total. The Morgan fingerprint density at radius 2 is 2.33 bits per heavy atom. The molecule has 1 saturated heterocycles. The Labute approximate surface area is 108 Å². The van der Waals surface area contributed by atoms with Crippen LogP contribution < -0.4 is 0 Å². The first-order chi connectivity index (χ1) is 8.86. The van der Waals surface area contributed by atoms with Gasteiger partial charge < -0.3 is 14.4 Å². The number of ether oxygens (including phenoxy) is 1. The van der Waals surface area contributed by atoms with E-state index in [0.717, 1.165) is 39.0 Å². The van der Waals surface area contributed by atoms with Crippen LogP contribution in [-0.4, -0.2) is 34.5 Å². The third-order valence-corrected chi connectivity index (χ3v) is 4.26. The summed E-state index contributed by atoms with van der Waals surface area (Å²) < 4.78 is 7.90. The van der Waals surface area contributed by atoms with Crippen LogP contribution >= 0.6 is 0 Å². The summed E-state index contributed by atoms with van der Waals surface area (Å²) >= 11 is 0. The third kappa shape index (κ3) is 2.45. The van der Waals surface area contributed by atoms with E-state index in [2.05, 4.69) is 9.55 Å². The highest BCUT2D eigenvalue weighted by molar-refractivity contribution is 5.09. The molecule has 3 rings (SSSR count). The van der Waals surface area contributed by atoms with Crippen molar-refractivity contribution in [1.29, 1.82) is 0 Å². The molecule has 2 aliphatic heterocycles. The van der Waals surface area contributed by atoms with Crippen molar-refractivity contribution < 1.29 is 9.84 Å².